The molecular formula is C93H185NO47. The first-order valence-electron chi connectivity index (χ1n) is 50.0. The summed E-state index contributed by atoms with van der Waals surface area (Å²) in [6.45, 7) is 41.5. The predicted molar refractivity (Wildman–Crippen MR) is 507 cm³/mol. The second kappa shape index (κ2) is 133. The van der Waals surface area contributed by atoms with Crippen LogP contribution in [0.5, 0.6) is 0 Å². The van der Waals surface area contributed by atoms with Crippen LogP contribution in [0.3, 0.4) is 0 Å². The molecule has 0 atom stereocenters. The minimum absolute atomic E-state index is 0.0459. The van der Waals surface area contributed by atoms with Crippen LogP contribution >= 0.6 is 0 Å². The van der Waals surface area contributed by atoms with Crippen molar-refractivity contribution in [1.82, 2.24) is 5.32 Å². The van der Waals surface area contributed by atoms with Gasteiger partial charge < -0.3 is 219 Å². The number of carbonyl (C=O) groups excluding carboxylic acids is 1. The van der Waals surface area contributed by atoms with Crippen molar-refractivity contribution >= 4 is 11.9 Å². The summed E-state index contributed by atoms with van der Waals surface area (Å²) in [5.41, 5.74) is 0. The number of ether oxygens (including phenoxy) is 44. The van der Waals surface area contributed by atoms with Gasteiger partial charge in [0.25, 0.3) is 0 Å². The van der Waals surface area contributed by atoms with Gasteiger partial charge in [-0.3, -0.25) is 9.59 Å². The third kappa shape index (κ3) is 135. The van der Waals surface area contributed by atoms with Crippen LogP contribution in [-0.2, 0) is 218 Å². The number of hydrogen-bond donors (Lipinski definition) is 2. The highest BCUT2D eigenvalue weighted by Gasteiger charge is 2.08. The maximum absolute atomic E-state index is 11.4. The van der Waals surface area contributed by atoms with E-state index >= 15 is 0 Å². The van der Waals surface area contributed by atoms with E-state index in [2.05, 4.69) is 5.32 Å². The standard InChI is InChI=1S/C93H185NO47/c1-98-6-7-100-10-11-102-14-15-104-18-19-106-22-23-108-26-27-110-30-31-112-34-35-114-38-39-116-42-43-118-46-47-120-50-51-122-54-55-124-58-59-126-62-63-128-66-67-130-70-71-132-74-75-134-78-79-136-82-83-138-86-87-140-90-91-141-89-88-139-85-84-137-81-80-135-77-76-133-73-72-131-69-68-129-65-64-127-61-60-125-57-56-123-53-52-121-49-48-119-45-44-117-41-40-115-37-36-113-33-32-111-29-28-109-25-24-107-21-20-105-17-16-103-13-12-101-9-8-99-5-4-94-92(95)2-3-93(96)97/h2-91H2,1H3,(H,94,95)(H,96,97). The Morgan fingerprint density at radius 3 is 0.284 bits per heavy atom. The van der Waals surface area contributed by atoms with Crippen LogP contribution < -0.4 is 5.32 Å². The van der Waals surface area contributed by atoms with Gasteiger partial charge in [0.2, 0.25) is 5.91 Å². The zero-order chi connectivity index (χ0) is 101. The van der Waals surface area contributed by atoms with Crippen molar-refractivity contribution in [2.75, 3.05) is 588 Å². The minimum Gasteiger partial charge on any atom is -0.481 e. The molecule has 844 valence electrons. The number of hydrogen-bond acceptors (Lipinski definition) is 46. The summed E-state index contributed by atoms with van der Waals surface area (Å²) in [6, 6.07) is 0. The first-order chi connectivity index (χ1) is 70.2. The Morgan fingerprint density at radius 1 is 0.128 bits per heavy atom. The number of methoxy groups -OCH3 is 1. The van der Waals surface area contributed by atoms with Crippen molar-refractivity contribution in [3.05, 3.63) is 0 Å². The zero-order valence-electron chi connectivity index (χ0n) is 85.4. The average Bonchev–Trinajstić information content (AvgIpc) is 1.02. The van der Waals surface area contributed by atoms with Gasteiger partial charge >= 0.3 is 5.97 Å². The molecule has 141 heavy (non-hydrogen) atoms. The van der Waals surface area contributed by atoms with Gasteiger partial charge in [0.1, 0.15) is 0 Å². The highest BCUT2D eigenvalue weighted by Crippen LogP contribution is 1.98. The van der Waals surface area contributed by atoms with Crippen LogP contribution in [0.25, 0.3) is 0 Å². The number of nitrogens with one attached hydrogen (secondary N) is 1. The number of carbonyl (C=O) groups is 2. The molecule has 0 aliphatic rings. The van der Waals surface area contributed by atoms with Crippen molar-refractivity contribution in [2.45, 2.75) is 12.8 Å². The summed E-state index contributed by atoms with van der Waals surface area (Å²) in [7, 11) is 1.64. The zero-order valence-corrected chi connectivity index (χ0v) is 85.4. The lowest BCUT2D eigenvalue weighted by molar-refractivity contribution is -0.138. The van der Waals surface area contributed by atoms with E-state index in [-0.39, 0.29) is 18.7 Å². The van der Waals surface area contributed by atoms with Gasteiger partial charge in [-0.05, 0) is 0 Å². The van der Waals surface area contributed by atoms with Gasteiger partial charge in [-0.15, -0.1) is 0 Å². The molecule has 2 N–H and O–H groups in total. The van der Waals surface area contributed by atoms with Gasteiger partial charge in [0.05, 0.1) is 581 Å². The van der Waals surface area contributed by atoms with Crippen molar-refractivity contribution < 1.29 is 223 Å². The van der Waals surface area contributed by atoms with Crippen LogP contribution in [0, 0.1) is 0 Å². The van der Waals surface area contributed by atoms with E-state index < -0.39 is 5.97 Å². The topological polar surface area (TPSA) is 473 Å². The molecule has 0 unspecified atom stereocenters. The van der Waals surface area contributed by atoms with Gasteiger partial charge in [0, 0.05) is 20.1 Å². The number of rotatable bonds is 135. The molecule has 48 nitrogen and oxygen atoms in total. The van der Waals surface area contributed by atoms with E-state index in [1.807, 2.05) is 0 Å². The Labute approximate surface area is 838 Å². The highest BCUT2D eigenvalue weighted by atomic mass is 16.7. The smallest absolute Gasteiger partial charge is 0.303 e. The van der Waals surface area contributed by atoms with Crippen molar-refractivity contribution in [1.29, 1.82) is 0 Å². The first-order valence-corrected chi connectivity index (χ1v) is 50.0. The van der Waals surface area contributed by atoms with Crippen molar-refractivity contribution in [3.8, 4) is 0 Å². The summed E-state index contributed by atoms with van der Waals surface area (Å²) in [4.78, 5) is 21.9. The summed E-state index contributed by atoms with van der Waals surface area (Å²) >= 11 is 0. The highest BCUT2D eigenvalue weighted by molar-refractivity contribution is 5.80. The molecule has 0 saturated heterocycles. The third-order valence-corrected chi connectivity index (χ3v) is 17.2. The molecule has 0 fully saturated rings. The second-order valence-electron chi connectivity index (χ2n) is 28.6. The van der Waals surface area contributed by atoms with Gasteiger partial charge in [-0.25, -0.2) is 0 Å². The third-order valence-electron chi connectivity index (χ3n) is 17.2. The quantitative estimate of drug-likeness (QED) is 0.0775. The molecule has 0 heterocycles. The Bertz CT molecular complexity index is 2070. The number of carboxylic acid groups (broad SMARTS) is 1. The number of carboxylic acids is 1. The second-order valence-corrected chi connectivity index (χ2v) is 28.6. The van der Waals surface area contributed by atoms with Crippen molar-refractivity contribution in [3.63, 3.8) is 0 Å². The molecule has 48 heteroatoms. The predicted octanol–water partition coefficient (Wildman–Crippen LogP) is 0.328. The number of amides is 1. The molecule has 0 saturated carbocycles. The Morgan fingerprint density at radius 2 is 0.206 bits per heavy atom. The monoisotopic (exact) mass is 2070 g/mol. The lowest BCUT2D eigenvalue weighted by atomic mass is 10.3. The Balaban J connectivity index is 3.11. The fourth-order valence-electron chi connectivity index (χ4n) is 10.1. The summed E-state index contributed by atoms with van der Waals surface area (Å²) in [6.07, 6.45) is -0.237. The van der Waals surface area contributed by atoms with Gasteiger partial charge in [0.15, 0.2) is 0 Å². The molecular weight excluding hydrogens is 1880 g/mol. The first kappa shape index (κ1) is 138. The normalized spacial score (nSPS) is 11.8. The van der Waals surface area contributed by atoms with E-state index in [9.17, 15) is 9.59 Å². The van der Waals surface area contributed by atoms with Crippen LogP contribution in [0.4, 0.5) is 0 Å². The molecule has 0 aromatic rings. The summed E-state index contributed by atoms with van der Waals surface area (Å²) in [5, 5.41) is 11.2. The van der Waals surface area contributed by atoms with Crippen LogP contribution in [0.1, 0.15) is 12.8 Å². The van der Waals surface area contributed by atoms with E-state index in [0.29, 0.717) is 581 Å². The van der Waals surface area contributed by atoms with E-state index in [0.717, 1.165) is 0 Å². The maximum Gasteiger partial charge on any atom is 0.303 e. The number of aliphatic carboxylic acids is 1. The Kier molecular flexibility index (Phi) is 131. The Hall–Kier alpha value is -2.82. The summed E-state index contributed by atoms with van der Waals surface area (Å²) < 4.78 is 242. The van der Waals surface area contributed by atoms with Gasteiger partial charge in [-0.1, -0.05) is 0 Å². The lowest BCUT2D eigenvalue weighted by Crippen LogP contribution is -2.27. The molecule has 0 bridgehead atoms. The SMILES string of the molecule is COCCOCCOCCOCCOCCOCCOCCOCCOCCOCCOCCOCCOCCOCCOCCOCCOCCOCCOCCOCCOCCOCCOCCOCCOCCOCCOCCOCCOCCOCCOCCOCCOCCOCCOCCOCCOCCOCCOCCOCCOCCOCCOCCOCCNC(=O)CCC(=O)O. The van der Waals surface area contributed by atoms with Crippen molar-refractivity contribution in [2.24, 2.45) is 0 Å². The average molecular weight is 2070 g/mol. The molecule has 1 amide bonds. The van der Waals surface area contributed by atoms with E-state index in [1.165, 1.54) is 0 Å². The molecule has 0 aliphatic heterocycles. The molecule has 0 radical (unpaired) electrons. The minimum atomic E-state index is -1.00. The maximum atomic E-state index is 11.4. The lowest BCUT2D eigenvalue weighted by Gasteiger charge is -2.09. The largest absolute Gasteiger partial charge is 0.481 e. The fraction of sp³-hybridized carbons (Fsp3) is 0.978. The van der Waals surface area contributed by atoms with Crippen LogP contribution in [0.15, 0.2) is 0 Å². The molecule has 0 aromatic carbocycles. The fourth-order valence-corrected chi connectivity index (χ4v) is 10.1. The van der Waals surface area contributed by atoms with Crippen LogP contribution in [0.2, 0.25) is 0 Å². The summed E-state index contributed by atoms with van der Waals surface area (Å²) in [5.74, 6) is -1.32. The van der Waals surface area contributed by atoms with E-state index in [4.69, 9.17) is 214 Å². The molecule has 0 aliphatic carbocycles. The van der Waals surface area contributed by atoms with Gasteiger partial charge in [-0.2, -0.15) is 0 Å². The van der Waals surface area contributed by atoms with E-state index in [1.54, 1.807) is 7.11 Å². The molecule has 0 rings (SSSR count). The molecule has 0 spiro atoms. The molecule has 0 aromatic heterocycles. The van der Waals surface area contributed by atoms with Crippen LogP contribution in [-0.4, -0.2) is 605 Å².